The Hall–Kier alpha value is -3.80. The molecule has 4 rings (SSSR count). The zero-order valence-corrected chi connectivity index (χ0v) is 16.7. The number of para-hydroxylation sites is 3. The molecule has 1 heterocycles. The van der Waals surface area contributed by atoms with Crippen molar-refractivity contribution < 1.29 is 13.9 Å². The molecule has 0 atom stereocenters. The van der Waals surface area contributed by atoms with Gasteiger partial charge >= 0.3 is 5.76 Å². The lowest BCUT2D eigenvalue weighted by atomic mass is 10.2. The van der Waals surface area contributed by atoms with Crippen molar-refractivity contribution >= 4 is 22.7 Å². The lowest BCUT2D eigenvalue weighted by Crippen LogP contribution is -2.26. The summed E-state index contributed by atoms with van der Waals surface area (Å²) in [5.41, 5.74) is 2.09. The molecule has 0 aliphatic heterocycles. The van der Waals surface area contributed by atoms with Crippen LogP contribution in [-0.2, 0) is 11.3 Å². The van der Waals surface area contributed by atoms with E-state index in [-0.39, 0.29) is 5.91 Å². The second-order valence-electron chi connectivity index (χ2n) is 6.95. The number of nitrogens with zero attached hydrogens (tertiary/aromatic N) is 2. The summed E-state index contributed by atoms with van der Waals surface area (Å²) in [5.74, 6) is 1.05. The molecule has 0 fully saturated rings. The first kappa shape index (κ1) is 19.5. The summed E-state index contributed by atoms with van der Waals surface area (Å²) in [4.78, 5) is 26.2. The zero-order valence-electron chi connectivity index (χ0n) is 16.7. The number of rotatable bonds is 7. The Labute approximate surface area is 173 Å². The summed E-state index contributed by atoms with van der Waals surface area (Å²) >= 11 is 0. The van der Waals surface area contributed by atoms with Crippen LogP contribution in [0.4, 0.5) is 5.69 Å². The normalized spacial score (nSPS) is 10.8. The maximum atomic E-state index is 12.6. The van der Waals surface area contributed by atoms with Gasteiger partial charge in [-0.3, -0.25) is 9.36 Å². The minimum atomic E-state index is -0.397. The third kappa shape index (κ3) is 4.27. The number of oxazole rings is 1. The molecule has 0 unspecified atom stereocenters. The van der Waals surface area contributed by atoms with Crippen molar-refractivity contribution in [3.8, 4) is 11.5 Å². The number of benzene rings is 3. The molecule has 1 amide bonds. The van der Waals surface area contributed by atoms with Gasteiger partial charge in [-0.1, -0.05) is 30.3 Å². The van der Waals surface area contributed by atoms with Crippen LogP contribution in [0.5, 0.6) is 11.5 Å². The summed E-state index contributed by atoms with van der Waals surface area (Å²) < 4.78 is 12.6. The van der Waals surface area contributed by atoms with Crippen LogP contribution >= 0.6 is 0 Å². The van der Waals surface area contributed by atoms with E-state index in [1.807, 2.05) is 72.8 Å². The van der Waals surface area contributed by atoms with Gasteiger partial charge in [0.2, 0.25) is 5.91 Å². The number of ether oxygens (including phenoxy) is 1. The first-order chi connectivity index (χ1) is 14.6. The highest BCUT2D eigenvalue weighted by Gasteiger charge is 2.13. The van der Waals surface area contributed by atoms with Crippen LogP contribution in [0.15, 0.2) is 88.1 Å². The van der Waals surface area contributed by atoms with Gasteiger partial charge in [0.1, 0.15) is 11.5 Å². The molecule has 0 radical (unpaired) electrons. The Kier molecular flexibility index (Phi) is 5.66. The second kappa shape index (κ2) is 8.69. The molecule has 0 aliphatic rings. The van der Waals surface area contributed by atoms with Gasteiger partial charge < -0.3 is 14.1 Å². The van der Waals surface area contributed by atoms with E-state index in [4.69, 9.17) is 9.15 Å². The fourth-order valence-electron chi connectivity index (χ4n) is 3.29. The predicted molar refractivity (Wildman–Crippen MR) is 116 cm³/mol. The van der Waals surface area contributed by atoms with Crippen molar-refractivity contribution in [3.05, 3.63) is 89.4 Å². The molecular weight excluding hydrogens is 380 g/mol. The Morgan fingerprint density at radius 2 is 1.60 bits per heavy atom. The first-order valence-corrected chi connectivity index (χ1v) is 9.80. The van der Waals surface area contributed by atoms with Gasteiger partial charge in [-0.15, -0.1) is 0 Å². The lowest BCUT2D eigenvalue weighted by Gasteiger charge is -2.18. The van der Waals surface area contributed by atoms with Gasteiger partial charge in [-0.25, -0.2) is 4.79 Å². The number of fused-ring (bicyclic) bond motifs is 1. The Bertz CT molecular complexity index is 1190. The molecule has 0 saturated carbocycles. The molecule has 6 heteroatoms. The number of hydrogen-bond donors (Lipinski definition) is 0. The van der Waals surface area contributed by atoms with Crippen molar-refractivity contribution in [2.45, 2.75) is 19.4 Å². The van der Waals surface area contributed by atoms with Crippen molar-refractivity contribution in [1.82, 2.24) is 4.57 Å². The Morgan fingerprint density at radius 1 is 0.933 bits per heavy atom. The van der Waals surface area contributed by atoms with Crippen molar-refractivity contribution in [3.63, 3.8) is 0 Å². The molecule has 0 N–H and O–H groups in total. The molecule has 0 saturated heterocycles. The zero-order chi connectivity index (χ0) is 20.9. The fraction of sp³-hybridized carbons (Fsp3) is 0.167. The SMILES string of the molecule is CN(C(=O)CCCn1c(=O)oc2ccccc21)c1ccc(Oc2ccccc2)cc1. The third-order valence-corrected chi connectivity index (χ3v) is 4.92. The maximum Gasteiger partial charge on any atom is 0.419 e. The lowest BCUT2D eigenvalue weighted by molar-refractivity contribution is -0.118. The highest BCUT2D eigenvalue weighted by atomic mass is 16.5. The molecule has 0 aliphatic carbocycles. The van der Waals surface area contributed by atoms with Crippen LogP contribution in [0.1, 0.15) is 12.8 Å². The molecule has 30 heavy (non-hydrogen) atoms. The number of hydrogen-bond acceptors (Lipinski definition) is 4. The van der Waals surface area contributed by atoms with E-state index in [0.29, 0.717) is 30.7 Å². The summed E-state index contributed by atoms with van der Waals surface area (Å²) in [6.45, 7) is 0.430. The molecule has 0 spiro atoms. The van der Waals surface area contributed by atoms with Crippen LogP contribution in [0.3, 0.4) is 0 Å². The van der Waals surface area contributed by atoms with Gasteiger partial charge in [-0.2, -0.15) is 0 Å². The molecule has 4 aromatic rings. The van der Waals surface area contributed by atoms with Gasteiger partial charge in [0.15, 0.2) is 5.58 Å². The summed E-state index contributed by atoms with van der Waals surface area (Å²) in [7, 11) is 1.74. The van der Waals surface area contributed by atoms with Crippen LogP contribution in [0.2, 0.25) is 0 Å². The quantitative estimate of drug-likeness (QED) is 0.444. The van der Waals surface area contributed by atoms with Gasteiger partial charge in [0, 0.05) is 25.7 Å². The van der Waals surface area contributed by atoms with E-state index in [1.165, 1.54) is 0 Å². The van der Waals surface area contributed by atoms with Crippen LogP contribution in [0.25, 0.3) is 11.1 Å². The fourth-order valence-corrected chi connectivity index (χ4v) is 3.29. The van der Waals surface area contributed by atoms with E-state index in [2.05, 4.69) is 0 Å². The molecular formula is C24H22N2O4. The van der Waals surface area contributed by atoms with Crippen molar-refractivity contribution in [1.29, 1.82) is 0 Å². The standard InChI is InChI=1S/C24H22N2O4/c1-25(18-13-15-20(16-14-18)29-19-8-3-2-4-9-19)23(27)12-7-17-26-21-10-5-6-11-22(21)30-24(26)28/h2-6,8-11,13-16H,7,12,17H2,1H3. The third-order valence-electron chi connectivity index (χ3n) is 4.92. The van der Waals surface area contributed by atoms with Crippen LogP contribution < -0.4 is 15.4 Å². The molecule has 152 valence electrons. The smallest absolute Gasteiger partial charge is 0.419 e. The molecule has 0 bridgehead atoms. The average molecular weight is 402 g/mol. The number of amides is 1. The van der Waals surface area contributed by atoms with Gasteiger partial charge in [-0.05, 0) is 55.0 Å². The predicted octanol–water partition coefficient (Wildman–Crippen LogP) is 4.83. The summed E-state index contributed by atoms with van der Waals surface area (Å²) in [6, 6.07) is 24.2. The molecule has 3 aromatic carbocycles. The summed E-state index contributed by atoms with van der Waals surface area (Å²) in [5, 5.41) is 0. The van der Waals surface area contributed by atoms with E-state index in [1.54, 1.807) is 22.6 Å². The van der Waals surface area contributed by atoms with Gasteiger partial charge in [0.25, 0.3) is 0 Å². The number of anilines is 1. The van der Waals surface area contributed by atoms with E-state index in [9.17, 15) is 9.59 Å². The van der Waals surface area contributed by atoms with Crippen LogP contribution in [-0.4, -0.2) is 17.5 Å². The highest BCUT2D eigenvalue weighted by Crippen LogP contribution is 2.24. The first-order valence-electron chi connectivity index (χ1n) is 9.80. The van der Waals surface area contributed by atoms with Crippen molar-refractivity contribution in [2.75, 3.05) is 11.9 Å². The van der Waals surface area contributed by atoms with E-state index >= 15 is 0 Å². The minimum Gasteiger partial charge on any atom is -0.457 e. The minimum absolute atomic E-state index is 0.0208. The highest BCUT2D eigenvalue weighted by molar-refractivity contribution is 5.92. The number of aryl methyl sites for hydroxylation is 1. The largest absolute Gasteiger partial charge is 0.457 e. The van der Waals surface area contributed by atoms with Crippen LogP contribution in [0, 0.1) is 0 Å². The Morgan fingerprint density at radius 3 is 2.37 bits per heavy atom. The van der Waals surface area contributed by atoms with Crippen molar-refractivity contribution in [2.24, 2.45) is 0 Å². The average Bonchev–Trinajstić information content (AvgIpc) is 3.09. The number of carbonyl (C=O) groups excluding carboxylic acids is 1. The number of aromatic nitrogens is 1. The maximum absolute atomic E-state index is 12.6. The monoisotopic (exact) mass is 402 g/mol. The van der Waals surface area contributed by atoms with Gasteiger partial charge in [0.05, 0.1) is 5.52 Å². The molecule has 6 nitrogen and oxygen atoms in total. The van der Waals surface area contributed by atoms with E-state index < -0.39 is 5.76 Å². The molecule has 1 aromatic heterocycles. The summed E-state index contributed by atoms with van der Waals surface area (Å²) in [6.07, 6.45) is 0.868. The van der Waals surface area contributed by atoms with E-state index in [0.717, 1.165) is 17.0 Å². The topological polar surface area (TPSA) is 64.7 Å². The second-order valence-corrected chi connectivity index (χ2v) is 6.95. The number of carbonyl (C=O) groups is 1. The Balaban J connectivity index is 1.34.